The van der Waals surface area contributed by atoms with Gasteiger partial charge in [-0.25, -0.2) is 0 Å². The average Bonchev–Trinajstić information content (AvgIpc) is 2.05. The number of phenolic OH excluding ortho intramolecular Hbond substituents is 1. The van der Waals surface area contributed by atoms with Crippen molar-refractivity contribution in [2.45, 2.75) is 5.88 Å². The number of hydrogen-bond donors (Lipinski definition) is 1. The van der Waals surface area contributed by atoms with E-state index >= 15 is 0 Å². The molecule has 1 aromatic rings. The van der Waals surface area contributed by atoms with Gasteiger partial charge in [0, 0.05) is 5.56 Å². The predicted octanol–water partition coefficient (Wildman–Crippen LogP) is 2.14. The maximum atomic E-state index is 9.38. The van der Waals surface area contributed by atoms with Crippen LogP contribution in [-0.4, -0.2) is 12.2 Å². The van der Waals surface area contributed by atoms with E-state index in [9.17, 15) is 5.11 Å². The molecule has 0 aliphatic carbocycles. The maximum Gasteiger partial charge on any atom is 0.162 e. The Morgan fingerprint density at radius 2 is 2.27 bits per heavy atom. The minimum Gasteiger partial charge on any atom is -0.504 e. The van der Waals surface area contributed by atoms with Gasteiger partial charge in [0.15, 0.2) is 11.5 Å². The number of methoxy groups -OCH3 is 1. The number of alkyl halides is 1. The summed E-state index contributed by atoms with van der Waals surface area (Å²) in [6.45, 7) is 0. The molecule has 0 saturated carbocycles. The minimum absolute atomic E-state index is 0.130. The predicted molar refractivity (Wildman–Crippen MR) is 44.2 cm³/mol. The molecule has 0 amide bonds. The first kappa shape index (κ1) is 8.21. The molecule has 1 aromatic carbocycles. The Morgan fingerprint density at radius 1 is 1.55 bits per heavy atom. The van der Waals surface area contributed by atoms with E-state index in [1.807, 2.05) is 0 Å². The largest absolute Gasteiger partial charge is 0.504 e. The zero-order valence-electron chi connectivity index (χ0n) is 6.17. The molecule has 0 unspecified atom stereocenters. The van der Waals surface area contributed by atoms with Crippen LogP contribution in [0.5, 0.6) is 11.5 Å². The third-order valence-electron chi connectivity index (χ3n) is 1.45. The summed E-state index contributed by atoms with van der Waals surface area (Å²) in [7, 11) is 1.51. The highest BCUT2D eigenvalue weighted by Crippen LogP contribution is 2.29. The molecular formula is C8H9ClO2. The van der Waals surface area contributed by atoms with Crippen LogP contribution in [-0.2, 0) is 5.88 Å². The van der Waals surface area contributed by atoms with E-state index in [0.717, 1.165) is 0 Å². The van der Waals surface area contributed by atoms with Gasteiger partial charge in [0.05, 0.1) is 13.0 Å². The lowest BCUT2D eigenvalue weighted by atomic mass is 10.2. The van der Waals surface area contributed by atoms with Crippen molar-refractivity contribution < 1.29 is 9.84 Å². The van der Waals surface area contributed by atoms with Crippen LogP contribution in [0, 0.1) is 0 Å². The summed E-state index contributed by atoms with van der Waals surface area (Å²) in [6.07, 6.45) is 0. The highest BCUT2D eigenvalue weighted by molar-refractivity contribution is 6.17. The van der Waals surface area contributed by atoms with E-state index in [-0.39, 0.29) is 5.75 Å². The van der Waals surface area contributed by atoms with E-state index < -0.39 is 0 Å². The molecule has 1 N–H and O–H groups in total. The third-order valence-corrected chi connectivity index (χ3v) is 1.73. The van der Waals surface area contributed by atoms with Crippen molar-refractivity contribution in [2.24, 2.45) is 0 Å². The molecule has 0 atom stereocenters. The quantitative estimate of drug-likeness (QED) is 0.693. The summed E-state index contributed by atoms with van der Waals surface area (Å²) >= 11 is 5.55. The van der Waals surface area contributed by atoms with Gasteiger partial charge in [-0.15, -0.1) is 11.6 Å². The van der Waals surface area contributed by atoms with Crippen molar-refractivity contribution in [1.82, 2.24) is 0 Å². The monoisotopic (exact) mass is 172 g/mol. The standard InChI is InChI=1S/C8H9ClO2/c1-11-7-4-2-3-6(5-9)8(7)10/h2-4,10H,5H2,1H3. The van der Waals surface area contributed by atoms with Crippen molar-refractivity contribution in [3.05, 3.63) is 23.8 Å². The smallest absolute Gasteiger partial charge is 0.162 e. The van der Waals surface area contributed by atoms with Crippen LogP contribution in [0.4, 0.5) is 0 Å². The summed E-state index contributed by atoms with van der Waals surface area (Å²) in [5, 5.41) is 9.38. The molecule has 0 aliphatic heterocycles. The molecule has 0 saturated heterocycles. The van der Waals surface area contributed by atoms with Crippen molar-refractivity contribution in [3.8, 4) is 11.5 Å². The van der Waals surface area contributed by atoms with Gasteiger partial charge < -0.3 is 9.84 Å². The second-order valence-electron chi connectivity index (χ2n) is 2.10. The second kappa shape index (κ2) is 3.49. The Bertz CT molecular complexity index is 226. The van der Waals surface area contributed by atoms with Crippen molar-refractivity contribution in [1.29, 1.82) is 0 Å². The number of hydrogen-bond acceptors (Lipinski definition) is 2. The van der Waals surface area contributed by atoms with Crippen LogP contribution in [0.15, 0.2) is 18.2 Å². The van der Waals surface area contributed by atoms with Gasteiger partial charge in [-0.1, -0.05) is 12.1 Å². The fraction of sp³-hybridized carbons (Fsp3) is 0.250. The molecule has 0 heterocycles. The van der Waals surface area contributed by atoms with Gasteiger partial charge in [0.1, 0.15) is 0 Å². The number of halogens is 1. The molecule has 60 valence electrons. The number of phenols is 1. The second-order valence-corrected chi connectivity index (χ2v) is 2.37. The van der Waals surface area contributed by atoms with Crippen LogP contribution < -0.4 is 4.74 Å². The fourth-order valence-corrected chi connectivity index (χ4v) is 1.06. The first-order chi connectivity index (χ1) is 5.29. The highest BCUT2D eigenvalue weighted by atomic mass is 35.5. The molecule has 3 heteroatoms. The lowest BCUT2D eigenvalue weighted by molar-refractivity contribution is 0.371. The molecule has 0 aliphatic rings. The lowest BCUT2D eigenvalue weighted by Crippen LogP contribution is -1.86. The number of aromatic hydroxyl groups is 1. The Balaban J connectivity index is 3.10. The van der Waals surface area contributed by atoms with Crippen LogP contribution in [0.2, 0.25) is 0 Å². The third kappa shape index (κ3) is 1.57. The zero-order valence-corrected chi connectivity index (χ0v) is 6.93. The summed E-state index contributed by atoms with van der Waals surface area (Å²) < 4.78 is 4.88. The Kier molecular flexibility index (Phi) is 2.60. The van der Waals surface area contributed by atoms with Gasteiger partial charge in [-0.2, -0.15) is 0 Å². The molecule has 0 radical (unpaired) electrons. The Hall–Kier alpha value is -0.890. The van der Waals surface area contributed by atoms with Crippen molar-refractivity contribution in [2.75, 3.05) is 7.11 Å². The lowest BCUT2D eigenvalue weighted by Gasteiger charge is -2.05. The number of rotatable bonds is 2. The van der Waals surface area contributed by atoms with Gasteiger partial charge in [0.25, 0.3) is 0 Å². The summed E-state index contributed by atoms with van der Waals surface area (Å²) in [4.78, 5) is 0. The van der Waals surface area contributed by atoms with E-state index in [4.69, 9.17) is 16.3 Å². The van der Waals surface area contributed by atoms with Crippen LogP contribution in [0.1, 0.15) is 5.56 Å². The SMILES string of the molecule is COc1cccc(CCl)c1O. The molecule has 11 heavy (non-hydrogen) atoms. The van der Waals surface area contributed by atoms with Gasteiger partial charge in [-0.05, 0) is 6.07 Å². The molecule has 1 rings (SSSR count). The van der Waals surface area contributed by atoms with Crippen LogP contribution in [0.3, 0.4) is 0 Å². The summed E-state index contributed by atoms with van der Waals surface area (Å²) in [6, 6.07) is 5.23. The minimum atomic E-state index is 0.130. The molecule has 0 spiro atoms. The first-order valence-electron chi connectivity index (χ1n) is 3.20. The van der Waals surface area contributed by atoms with E-state index in [1.54, 1.807) is 18.2 Å². The normalized spacial score (nSPS) is 9.64. The van der Waals surface area contributed by atoms with Crippen LogP contribution in [0.25, 0.3) is 0 Å². The van der Waals surface area contributed by atoms with Crippen molar-refractivity contribution in [3.63, 3.8) is 0 Å². The number of ether oxygens (including phenoxy) is 1. The molecule has 2 nitrogen and oxygen atoms in total. The number of benzene rings is 1. The molecule has 0 bridgehead atoms. The topological polar surface area (TPSA) is 29.5 Å². The van der Waals surface area contributed by atoms with Crippen LogP contribution >= 0.6 is 11.6 Å². The number of para-hydroxylation sites is 1. The van der Waals surface area contributed by atoms with E-state index in [1.165, 1.54) is 7.11 Å². The van der Waals surface area contributed by atoms with Gasteiger partial charge >= 0.3 is 0 Å². The Labute approximate surface area is 70.4 Å². The Morgan fingerprint density at radius 3 is 2.82 bits per heavy atom. The van der Waals surface area contributed by atoms with E-state index in [0.29, 0.717) is 17.2 Å². The van der Waals surface area contributed by atoms with Gasteiger partial charge in [0.2, 0.25) is 0 Å². The molecular weight excluding hydrogens is 164 g/mol. The van der Waals surface area contributed by atoms with E-state index in [2.05, 4.69) is 0 Å². The maximum absolute atomic E-state index is 9.38. The van der Waals surface area contributed by atoms with Gasteiger partial charge in [-0.3, -0.25) is 0 Å². The average molecular weight is 173 g/mol. The fourth-order valence-electron chi connectivity index (χ4n) is 0.840. The first-order valence-corrected chi connectivity index (χ1v) is 3.74. The molecule has 0 fully saturated rings. The highest BCUT2D eigenvalue weighted by Gasteiger charge is 2.04. The molecule has 0 aromatic heterocycles. The zero-order chi connectivity index (χ0) is 8.27. The summed E-state index contributed by atoms with van der Waals surface area (Å²) in [5.41, 5.74) is 0.686. The van der Waals surface area contributed by atoms with Crippen molar-refractivity contribution >= 4 is 11.6 Å². The summed E-state index contributed by atoms with van der Waals surface area (Å²) in [5.74, 6) is 0.886.